The van der Waals surface area contributed by atoms with E-state index in [1.807, 2.05) is 18.5 Å². The Morgan fingerprint density at radius 1 is 1.24 bits per heavy atom. The van der Waals surface area contributed by atoms with E-state index in [-0.39, 0.29) is 0 Å². The molecular weight excluding hydrogens is 314 g/mol. The van der Waals surface area contributed by atoms with E-state index in [0.717, 1.165) is 70.1 Å². The van der Waals surface area contributed by atoms with E-state index in [9.17, 15) is 0 Å². The maximum Gasteiger partial charge on any atom is 0.225 e. The standard InChI is InChI=1S/C18H31N7/c1-3-19-17(23-16-14-15(16)2)20-8-5-9-24-10-12-25(13-11-24)18-21-6-4-7-22-18/h4,6-7,15-16H,3,5,8-14H2,1-2H3,(H2,19,20,23). The summed E-state index contributed by atoms with van der Waals surface area (Å²) in [6.07, 6.45) is 5.98. The van der Waals surface area contributed by atoms with Gasteiger partial charge < -0.3 is 15.5 Å². The molecule has 7 nitrogen and oxygen atoms in total. The second kappa shape index (κ2) is 8.99. The molecule has 25 heavy (non-hydrogen) atoms. The number of hydrogen-bond acceptors (Lipinski definition) is 5. The van der Waals surface area contributed by atoms with E-state index in [4.69, 9.17) is 4.99 Å². The number of piperazine rings is 1. The summed E-state index contributed by atoms with van der Waals surface area (Å²) in [5, 5.41) is 6.85. The number of aromatic nitrogens is 2. The fourth-order valence-electron chi connectivity index (χ4n) is 3.13. The molecule has 3 rings (SSSR count). The van der Waals surface area contributed by atoms with E-state index in [1.54, 1.807) is 0 Å². The van der Waals surface area contributed by atoms with Crippen LogP contribution in [0.15, 0.2) is 23.5 Å². The minimum atomic E-state index is 0.617. The fourth-order valence-corrected chi connectivity index (χ4v) is 3.13. The van der Waals surface area contributed by atoms with Crippen LogP contribution in [0.1, 0.15) is 26.7 Å². The van der Waals surface area contributed by atoms with Crippen molar-refractivity contribution in [2.24, 2.45) is 10.9 Å². The van der Waals surface area contributed by atoms with Crippen LogP contribution < -0.4 is 15.5 Å². The van der Waals surface area contributed by atoms with Crippen LogP contribution in [0.25, 0.3) is 0 Å². The molecule has 0 spiro atoms. The topological polar surface area (TPSA) is 68.7 Å². The van der Waals surface area contributed by atoms with Gasteiger partial charge >= 0.3 is 0 Å². The van der Waals surface area contributed by atoms with Gasteiger partial charge in [-0.05, 0) is 31.7 Å². The van der Waals surface area contributed by atoms with Gasteiger partial charge in [-0.1, -0.05) is 6.92 Å². The summed E-state index contributed by atoms with van der Waals surface area (Å²) < 4.78 is 0. The second-order valence-electron chi connectivity index (χ2n) is 6.96. The van der Waals surface area contributed by atoms with Gasteiger partial charge in [0.1, 0.15) is 0 Å². The highest BCUT2D eigenvalue weighted by atomic mass is 15.3. The summed E-state index contributed by atoms with van der Waals surface area (Å²) in [6, 6.07) is 2.48. The van der Waals surface area contributed by atoms with Crippen LogP contribution in [-0.2, 0) is 0 Å². The van der Waals surface area contributed by atoms with Gasteiger partial charge in [0, 0.05) is 64.2 Å². The van der Waals surface area contributed by atoms with Crippen molar-refractivity contribution >= 4 is 11.9 Å². The average Bonchev–Trinajstić information content (AvgIpc) is 3.34. The maximum absolute atomic E-state index is 4.71. The van der Waals surface area contributed by atoms with Crippen LogP contribution in [-0.4, -0.2) is 72.7 Å². The Hall–Kier alpha value is -1.89. The molecule has 2 fully saturated rings. The zero-order chi connectivity index (χ0) is 17.5. The Balaban J connectivity index is 1.34. The molecule has 1 aromatic heterocycles. The summed E-state index contributed by atoms with van der Waals surface area (Å²) in [4.78, 5) is 18.2. The lowest BCUT2D eigenvalue weighted by Gasteiger charge is -2.34. The molecule has 0 amide bonds. The molecule has 7 heteroatoms. The van der Waals surface area contributed by atoms with Crippen molar-refractivity contribution < 1.29 is 0 Å². The molecule has 0 bridgehead atoms. The molecule has 1 saturated carbocycles. The zero-order valence-electron chi connectivity index (χ0n) is 15.5. The third-order valence-corrected chi connectivity index (χ3v) is 4.89. The fraction of sp³-hybridized carbons (Fsp3) is 0.722. The van der Waals surface area contributed by atoms with Crippen LogP contribution >= 0.6 is 0 Å². The quantitative estimate of drug-likeness (QED) is 0.436. The van der Waals surface area contributed by atoms with Crippen molar-refractivity contribution in [3.63, 3.8) is 0 Å². The molecule has 2 N–H and O–H groups in total. The number of hydrogen-bond donors (Lipinski definition) is 2. The van der Waals surface area contributed by atoms with Crippen LogP contribution in [0.4, 0.5) is 5.95 Å². The molecule has 1 aliphatic heterocycles. The predicted molar refractivity (Wildman–Crippen MR) is 102 cm³/mol. The molecule has 1 aliphatic carbocycles. The van der Waals surface area contributed by atoms with Crippen LogP contribution in [0, 0.1) is 5.92 Å². The van der Waals surface area contributed by atoms with Gasteiger partial charge in [0.25, 0.3) is 0 Å². The molecule has 2 heterocycles. The van der Waals surface area contributed by atoms with Gasteiger partial charge in [0.2, 0.25) is 5.95 Å². The second-order valence-corrected chi connectivity index (χ2v) is 6.96. The third kappa shape index (κ3) is 5.56. The highest BCUT2D eigenvalue weighted by Gasteiger charge is 2.33. The first-order valence-electron chi connectivity index (χ1n) is 9.55. The average molecular weight is 345 g/mol. The Kier molecular flexibility index (Phi) is 6.44. The van der Waals surface area contributed by atoms with E-state index < -0.39 is 0 Å². The van der Waals surface area contributed by atoms with Crippen molar-refractivity contribution in [2.75, 3.05) is 50.7 Å². The number of nitrogens with zero attached hydrogens (tertiary/aromatic N) is 5. The van der Waals surface area contributed by atoms with Crippen molar-refractivity contribution in [2.45, 2.75) is 32.7 Å². The van der Waals surface area contributed by atoms with Crippen LogP contribution in [0.3, 0.4) is 0 Å². The van der Waals surface area contributed by atoms with Crippen molar-refractivity contribution in [1.82, 2.24) is 25.5 Å². The SMILES string of the molecule is CCNC(=NCCCN1CCN(c2ncccn2)CC1)NC1CC1C. The van der Waals surface area contributed by atoms with Crippen molar-refractivity contribution in [1.29, 1.82) is 0 Å². The molecule has 2 aliphatic rings. The molecule has 2 atom stereocenters. The Labute approximate surface area is 150 Å². The lowest BCUT2D eigenvalue weighted by atomic mass is 10.3. The van der Waals surface area contributed by atoms with Gasteiger partial charge in [0.15, 0.2) is 5.96 Å². The minimum absolute atomic E-state index is 0.617. The number of nitrogens with one attached hydrogen (secondary N) is 2. The van der Waals surface area contributed by atoms with Gasteiger partial charge in [-0.2, -0.15) is 0 Å². The number of rotatable bonds is 7. The van der Waals surface area contributed by atoms with E-state index in [0.29, 0.717) is 6.04 Å². The normalized spacial score (nSPS) is 24.2. The predicted octanol–water partition coefficient (Wildman–Crippen LogP) is 0.952. The third-order valence-electron chi connectivity index (χ3n) is 4.89. The minimum Gasteiger partial charge on any atom is -0.357 e. The first-order valence-corrected chi connectivity index (χ1v) is 9.55. The van der Waals surface area contributed by atoms with E-state index >= 15 is 0 Å². The summed E-state index contributed by atoms with van der Waals surface area (Å²) in [6.45, 7) is 11.4. The highest BCUT2D eigenvalue weighted by molar-refractivity contribution is 5.80. The van der Waals surface area contributed by atoms with Crippen molar-refractivity contribution in [3.8, 4) is 0 Å². The molecule has 2 unspecified atom stereocenters. The van der Waals surface area contributed by atoms with Crippen molar-refractivity contribution in [3.05, 3.63) is 18.5 Å². The smallest absolute Gasteiger partial charge is 0.225 e. The first kappa shape index (κ1) is 17.9. The molecule has 0 aromatic carbocycles. The lowest BCUT2D eigenvalue weighted by molar-refractivity contribution is 0.255. The largest absolute Gasteiger partial charge is 0.357 e. The Morgan fingerprint density at radius 3 is 2.60 bits per heavy atom. The van der Waals surface area contributed by atoms with Crippen LogP contribution in [0.2, 0.25) is 0 Å². The monoisotopic (exact) mass is 345 g/mol. The molecule has 1 saturated heterocycles. The molecular formula is C18H31N7. The van der Waals surface area contributed by atoms with Gasteiger partial charge in [-0.3, -0.25) is 9.89 Å². The summed E-state index contributed by atoms with van der Waals surface area (Å²) in [5.41, 5.74) is 0. The summed E-state index contributed by atoms with van der Waals surface area (Å²) >= 11 is 0. The highest BCUT2D eigenvalue weighted by Crippen LogP contribution is 2.28. The summed E-state index contributed by atoms with van der Waals surface area (Å²) in [7, 11) is 0. The van der Waals surface area contributed by atoms with Crippen LogP contribution in [0.5, 0.6) is 0 Å². The van der Waals surface area contributed by atoms with Gasteiger partial charge in [-0.25, -0.2) is 9.97 Å². The molecule has 1 aromatic rings. The van der Waals surface area contributed by atoms with Gasteiger partial charge in [-0.15, -0.1) is 0 Å². The Morgan fingerprint density at radius 2 is 1.96 bits per heavy atom. The lowest BCUT2D eigenvalue weighted by Crippen LogP contribution is -2.47. The summed E-state index contributed by atoms with van der Waals surface area (Å²) in [5.74, 6) is 2.61. The van der Waals surface area contributed by atoms with E-state index in [1.165, 1.54) is 6.42 Å². The molecule has 138 valence electrons. The van der Waals surface area contributed by atoms with Gasteiger partial charge in [0.05, 0.1) is 0 Å². The Bertz CT molecular complexity index is 540. The number of aliphatic imine (C=N–C) groups is 1. The van der Waals surface area contributed by atoms with E-state index in [2.05, 4.69) is 44.2 Å². The zero-order valence-corrected chi connectivity index (χ0v) is 15.5. The maximum atomic E-state index is 4.71. The number of guanidine groups is 1. The molecule has 0 radical (unpaired) electrons. The first-order chi connectivity index (χ1) is 12.3. The number of anilines is 1.